The fourth-order valence-electron chi connectivity index (χ4n) is 2.83. The zero-order valence-electron chi connectivity index (χ0n) is 15.3. The number of fused-ring (bicyclic) bond motifs is 1. The SMILES string of the molecule is CCCCNC(=O)CN1C(=O)C(c2ccccc2)Oc2ccc([N+](=O)[O-])nc21. The number of ether oxygens (including phenoxy) is 1. The van der Waals surface area contributed by atoms with Gasteiger partial charge < -0.3 is 20.2 Å². The molecule has 0 aliphatic carbocycles. The lowest BCUT2D eigenvalue weighted by atomic mass is 10.1. The van der Waals surface area contributed by atoms with Gasteiger partial charge in [0.2, 0.25) is 12.0 Å². The Hall–Kier alpha value is -3.49. The topological polar surface area (TPSA) is 115 Å². The van der Waals surface area contributed by atoms with Crippen molar-refractivity contribution in [2.45, 2.75) is 25.9 Å². The summed E-state index contributed by atoms with van der Waals surface area (Å²) in [4.78, 5) is 40.8. The Morgan fingerprint density at radius 2 is 2.04 bits per heavy atom. The molecule has 2 amide bonds. The summed E-state index contributed by atoms with van der Waals surface area (Å²) >= 11 is 0. The molecule has 1 aliphatic rings. The molecule has 28 heavy (non-hydrogen) atoms. The molecular formula is C19H20N4O5. The second-order valence-electron chi connectivity index (χ2n) is 6.28. The van der Waals surface area contributed by atoms with E-state index in [1.165, 1.54) is 12.1 Å². The van der Waals surface area contributed by atoms with Crippen LogP contribution in [0.15, 0.2) is 42.5 Å². The Kier molecular flexibility index (Phi) is 5.83. The number of unbranched alkanes of at least 4 members (excludes halogenated alkanes) is 1. The minimum absolute atomic E-state index is 0.0305. The van der Waals surface area contributed by atoms with Crippen LogP contribution in [0.1, 0.15) is 31.4 Å². The van der Waals surface area contributed by atoms with E-state index >= 15 is 0 Å². The zero-order chi connectivity index (χ0) is 20.1. The number of pyridine rings is 1. The van der Waals surface area contributed by atoms with E-state index in [2.05, 4.69) is 10.3 Å². The van der Waals surface area contributed by atoms with Crippen LogP contribution in [0.25, 0.3) is 0 Å². The highest BCUT2D eigenvalue weighted by atomic mass is 16.6. The standard InChI is InChI=1S/C19H20N4O5/c1-2-3-11-20-16(24)12-22-18-14(9-10-15(21-18)23(26)27)28-17(19(22)25)13-7-5-4-6-8-13/h4-10,17H,2-3,11-12H2,1H3,(H,20,24). The summed E-state index contributed by atoms with van der Waals surface area (Å²) in [6, 6.07) is 11.4. The molecule has 2 heterocycles. The fourth-order valence-corrected chi connectivity index (χ4v) is 2.83. The van der Waals surface area contributed by atoms with Crippen LogP contribution in [0.5, 0.6) is 5.75 Å². The van der Waals surface area contributed by atoms with Crippen molar-refractivity contribution in [3.05, 3.63) is 58.1 Å². The van der Waals surface area contributed by atoms with E-state index in [9.17, 15) is 19.7 Å². The number of anilines is 1. The lowest BCUT2D eigenvalue weighted by Crippen LogP contribution is -2.47. The van der Waals surface area contributed by atoms with Crippen LogP contribution in [-0.2, 0) is 9.59 Å². The van der Waals surface area contributed by atoms with Crippen molar-refractivity contribution in [3.63, 3.8) is 0 Å². The Balaban J connectivity index is 1.94. The number of nitro groups is 1. The molecule has 1 unspecified atom stereocenters. The highest BCUT2D eigenvalue weighted by Gasteiger charge is 2.40. The molecule has 1 aliphatic heterocycles. The van der Waals surface area contributed by atoms with Crippen LogP contribution in [0.3, 0.4) is 0 Å². The Morgan fingerprint density at radius 3 is 2.71 bits per heavy atom. The van der Waals surface area contributed by atoms with Crippen LogP contribution >= 0.6 is 0 Å². The molecule has 9 nitrogen and oxygen atoms in total. The van der Waals surface area contributed by atoms with Gasteiger partial charge in [0.1, 0.15) is 6.54 Å². The van der Waals surface area contributed by atoms with Crippen molar-refractivity contribution in [1.29, 1.82) is 0 Å². The molecule has 2 aromatic rings. The van der Waals surface area contributed by atoms with E-state index in [0.29, 0.717) is 12.1 Å². The average molecular weight is 384 g/mol. The predicted octanol–water partition coefficient (Wildman–Crippen LogP) is 2.37. The number of carbonyl (C=O) groups is 2. The normalized spacial score (nSPS) is 15.5. The fraction of sp³-hybridized carbons (Fsp3) is 0.316. The minimum Gasteiger partial charge on any atom is -0.469 e. The highest BCUT2D eigenvalue weighted by Crippen LogP contribution is 2.38. The second-order valence-corrected chi connectivity index (χ2v) is 6.28. The number of rotatable bonds is 7. The number of benzene rings is 1. The zero-order valence-corrected chi connectivity index (χ0v) is 15.3. The Bertz CT molecular complexity index is 887. The summed E-state index contributed by atoms with van der Waals surface area (Å²) in [6.07, 6.45) is 0.777. The molecule has 0 spiro atoms. The number of aromatic nitrogens is 1. The maximum absolute atomic E-state index is 13.0. The summed E-state index contributed by atoms with van der Waals surface area (Å²) in [6.45, 7) is 2.20. The summed E-state index contributed by atoms with van der Waals surface area (Å²) in [5.41, 5.74) is 0.618. The van der Waals surface area contributed by atoms with Crippen molar-refractivity contribution in [2.75, 3.05) is 18.0 Å². The third-order valence-corrected chi connectivity index (χ3v) is 4.26. The number of carbonyl (C=O) groups excluding carboxylic acids is 2. The Morgan fingerprint density at radius 1 is 1.29 bits per heavy atom. The quantitative estimate of drug-likeness (QED) is 0.445. The molecule has 0 fully saturated rings. The van der Waals surface area contributed by atoms with Gasteiger partial charge in [-0.05, 0) is 22.4 Å². The molecule has 1 atom stereocenters. The minimum atomic E-state index is -0.958. The molecule has 0 radical (unpaired) electrons. The van der Waals surface area contributed by atoms with Gasteiger partial charge >= 0.3 is 5.82 Å². The van der Waals surface area contributed by atoms with E-state index in [1.807, 2.05) is 13.0 Å². The third-order valence-electron chi connectivity index (χ3n) is 4.26. The number of hydrogen-bond acceptors (Lipinski definition) is 6. The van der Waals surface area contributed by atoms with E-state index in [0.717, 1.165) is 17.7 Å². The maximum atomic E-state index is 13.0. The first kappa shape index (κ1) is 19.3. The lowest BCUT2D eigenvalue weighted by molar-refractivity contribution is -0.389. The first-order valence-corrected chi connectivity index (χ1v) is 8.96. The Labute approximate surface area is 161 Å². The number of nitrogens with one attached hydrogen (secondary N) is 1. The molecule has 3 rings (SSSR count). The van der Waals surface area contributed by atoms with Gasteiger partial charge in [-0.25, -0.2) is 0 Å². The summed E-state index contributed by atoms with van der Waals surface area (Å²) in [5, 5.41) is 13.8. The van der Waals surface area contributed by atoms with Gasteiger partial charge in [-0.2, -0.15) is 0 Å². The molecule has 146 valence electrons. The summed E-state index contributed by atoms with van der Waals surface area (Å²) < 4.78 is 5.77. The van der Waals surface area contributed by atoms with Gasteiger partial charge in [-0.15, -0.1) is 0 Å². The maximum Gasteiger partial charge on any atom is 0.366 e. The van der Waals surface area contributed by atoms with Crippen molar-refractivity contribution in [2.24, 2.45) is 0 Å². The third kappa shape index (κ3) is 4.08. The van der Waals surface area contributed by atoms with Gasteiger partial charge in [0.05, 0.1) is 0 Å². The van der Waals surface area contributed by atoms with Gasteiger partial charge in [0.15, 0.2) is 5.75 Å². The first-order chi connectivity index (χ1) is 13.5. The predicted molar refractivity (Wildman–Crippen MR) is 101 cm³/mol. The van der Waals surface area contributed by atoms with Gasteiger partial charge in [-0.3, -0.25) is 14.5 Å². The average Bonchev–Trinajstić information content (AvgIpc) is 2.70. The number of nitrogens with zero attached hydrogens (tertiary/aromatic N) is 3. The monoisotopic (exact) mass is 384 g/mol. The molecule has 1 aromatic heterocycles. The molecular weight excluding hydrogens is 364 g/mol. The van der Waals surface area contributed by atoms with E-state index in [4.69, 9.17) is 4.74 Å². The molecule has 9 heteroatoms. The van der Waals surface area contributed by atoms with Gasteiger partial charge in [-0.1, -0.05) is 43.7 Å². The highest BCUT2D eigenvalue weighted by molar-refractivity contribution is 6.03. The molecule has 0 saturated heterocycles. The smallest absolute Gasteiger partial charge is 0.366 e. The van der Waals surface area contributed by atoms with Crippen LogP contribution in [0.4, 0.5) is 11.6 Å². The van der Waals surface area contributed by atoms with Crippen LogP contribution in [0, 0.1) is 10.1 Å². The van der Waals surface area contributed by atoms with Crippen molar-refractivity contribution in [3.8, 4) is 5.75 Å². The second kappa shape index (κ2) is 8.47. The van der Waals surface area contributed by atoms with Crippen LogP contribution in [-0.4, -0.2) is 34.8 Å². The van der Waals surface area contributed by atoms with Gasteiger partial charge in [0.25, 0.3) is 11.7 Å². The van der Waals surface area contributed by atoms with Gasteiger partial charge in [0, 0.05) is 18.2 Å². The van der Waals surface area contributed by atoms with Crippen molar-refractivity contribution >= 4 is 23.5 Å². The van der Waals surface area contributed by atoms with Crippen LogP contribution < -0.4 is 15.0 Å². The number of hydrogen-bond donors (Lipinski definition) is 1. The van der Waals surface area contributed by atoms with Crippen molar-refractivity contribution < 1.29 is 19.2 Å². The van der Waals surface area contributed by atoms with E-state index in [-0.39, 0.29) is 24.0 Å². The first-order valence-electron chi connectivity index (χ1n) is 8.96. The molecule has 0 bridgehead atoms. The molecule has 1 N–H and O–H groups in total. The van der Waals surface area contributed by atoms with Crippen LogP contribution in [0.2, 0.25) is 0 Å². The van der Waals surface area contributed by atoms with E-state index < -0.39 is 22.8 Å². The molecule has 0 saturated carbocycles. The lowest BCUT2D eigenvalue weighted by Gasteiger charge is -2.30. The van der Waals surface area contributed by atoms with E-state index in [1.54, 1.807) is 24.3 Å². The summed E-state index contributed by atoms with van der Waals surface area (Å²) in [7, 11) is 0. The number of amides is 2. The summed E-state index contributed by atoms with van der Waals surface area (Å²) in [5.74, 6) is -1.12. The van der Waals surface area contributed by atoms with Crippen molar-refractivity contribution in [1.82, 2.24) is 10.3 Å². The molecule has 1 aromatic carbocycles. The largest absolute Gasteiger partial charge is 0.469 e.